The van der Waals surface area contributed by atoms with Crippen LogP contribution in [0.25, 0.3) is 5.69 Å². The maximum atomic E-state index is 13.1. The summed E-state index contributed by atoms with van der Waals surface area (Å²) in [5.41, 5.74) is 4.99. The maximum Gasteiger partial charge on any atom is 0.223 e. The van der Waals surface area contributed by atoms with E-state index in [2.05, 4.69) is 41.2 Å². The molecule has 0 spiro atoms. The molecule has 1 aromatic heterocycles. The first-order valence-electron chi connectivity index (χ1n) is 10.7. The Labute approximate surface area is 173 Å². The van der Waals surface area contributed by atoms with E-state index in [-0.39, 0.29) is 5.91 Å². The molecule has 4 nitrogen and oxygen atoms in total. The molecule has 4 rings (SSSR count). The van der Waals surface area contributed by atoms with E-state index in [0.717, 1.165) is 49.9 Å². The van der Waals surface area contributed by atoms with Crippen molar-refractivity contribution in [2.24, 2.45) is 0 Å². The minimum Gasteiger partial charge on any atom is -0.339 e. The summed E-state index contributed by atoms with van der Waals surface area (Å²) in [6.07, 6.45) is 9.29. The highest BCUT2D eigenvalue weighted by molar-refractivity contribution is 5.77. The van der Waals surface area contributed by atoms with Gasteiger partial charge >= 0.3 is 0 Å². The van der Waals surface area contributed by atoms with E-state index < -0.39 is 0 Å². The van der Waals surface area contributed by atoms with Gasteiger partial charge in [-0.25, -0.2) is 4.68 Å². The number of para-hydroxylation sites is 1. The average Bonchev–Trinajstić information content (AvgIpc) is 3.25. The van der Waals surface area contributed by atoms with Gasteiger partial charge in [-0.2, -0.15) is 5.10 Å². The fraction of sp³-hybridized carbons (Fsp3) is 0.360. The highest BCUT2D eigenvalue weighted by Crippen LogP contribution is 2.25. The predicted molar refractivity (Wildman–Crippen MR) is 116 cm³/mol. The van der Waals surface area contributed by atoms with Crippen LogP contribution in [0.4, 0.5) is 0 Å². The van der Waals surface area contributed by atoms with E-state index in [1.807, 2.05) is 47.4 Å². The SMILES string of the molecule is CCCN(C(=O)CCc1cnn(-c2ccccc2)c1)C1CCc2ccccc2C1. The van der Waals surface area contributed by atoms with E-state index in [1.165, 1.54) is 11.1 Å². The molecule has 0 saturated carbocycles. The zero-order valence-corrected chi connectivity index (χ0v) is 17.1. The Kier molecular flexibility index (Phi) is 6.09. The topological polar surface area (TPSA) is 38.1 Å². The Bertz CT molecular complexity index is 947. The minimum atomic E-state index is 0.267. The molecule has 1 unspecified atom stereocenters. The van der Waals surface area contributed by atoms with Crippen LogP contribution in [0.15, 0.2) is 67.0 Å². The van der Waals surface area contributed by atoms with Crippen LogP contribution in [-0.2, 0) is 24.1 Å². The Balaban J connectivity index is 1.39. The van der Waals surface area contributed by atoms with Gasteiger partial charge in [0, 0.05) is 25.2 Å². The summed E-state index contributed by atoms with van der Waals surface area (Å²) in [7, 11) is 0. The van der Waals surface area contributed by atoms with Crippen LogP contribution in [0.5, 0.6) is 0 Å². The highest BCUT2D eigenvalue weighted by atomic mass is 16.2. The van der Waals surface area contributed by atoms with Gasteiger partial charge in [-0.05, 0) is 60.9 Å². The van der Waals surface area contributed by atoms with Crippen LogP contribution in [-0.4, -0.2) is 33.2 Å². The summed E-state index contributed by atoms with van der Waals surface area (Å²) in [6, 6.07) is 19.1. The lowest BCUT2D eigenvalue weighted by Gasteiger charge is -2.35. The Hall–Kier alpha value is -2.88. The molecule has 0 bridgehead atoms. The number of hydrogen-bond acceptors (Lipinski definition) is 2. The molecule has 0 aliphatic heterocycles. The lowest BCUT2D eigenvalue weighted by atomic mass is 9.87. The number of fused-ring (bicyclic) bond motifs is 1. The molecular formula is C25H29N3O. The van der Waals surface area contributed by atoms with Gasteiger partial charge in [0.2, 0.25) is 5.91 Å². The molecule has 1 heterocycles. The molecule has 150 valence electrons. The van der Waals surface area contributed by atoms with E-state index in [4.69, 9.17) is 0 Å². The van der Waals surface area contributed by atoms with Gasteiger partial charge in [-0.1, -0.05) is 49.4 Å². The van der Waals surface area contributed by atoms with E-state index >= 15 is 0 Å². The first-order valence-corrected chi connectivity index (χ1v) is 10.7. The molecule has 0 radical (unpaired) electrons. The van der Waals surface area contributed by atoms with Crippen molar-refractivity contribution in [3.63, 3.8) is 0 Å². The number of aryl methyl sites for hydroxylation is 2. The lowest BCUT2D eigenvalue weighted by Crippen LogP contribution is -2.44. The molecule has 4 heteroatoms. The zero-order chi connectivity index (χ0) is 20.1. The molecule has 3 aromatic rings. The molecule has 2 aromatic carbocycles. The van der Waals surface area contributed by atoms with Gasteiger partial charge < -0.3 is 4.90 Å². The smallest absolute Gasteiger partial charge is 0.223 e. The van der Waals surface area contributed by atoms with Crippen LogP contribution < -0.4 is 0 Å². The van der Waals surface area contributed by atoms with E-state index in [1.54, 1.807) is 0 Å². The fourth-order valence-corrected chi connectivity index (χ4v) is 4.30. The summed E-state index contributed by atoms with van der Waals surface area (Å²) < 4.78 is 1.88. The van der Waals surface area contributed by atoms with Gasteiger partial charge in [0.05, 0.1) is 11.9 Å². The molecule has 1 aliphatic rings. The van der Waals surface area contributed by atoms with Crippen molar-refractivity contribution in [3.8, 4) is 5.69 Å². The number of aromatic nitrogens is 2. The molecule has 1 amide bonds. The third kappa shape index (κ3) is 4.58. The molecular weight excluding hydrogens is 358 g/mol. The predicted octanol–water partition coefficient (Wildman–Crippen LogP) is 4.60. The van der Waals surface area contributed by atoms with Crippen molar-refractivity contribution < 1.29 is 4.79 Å². The third-order valence-corrected chi connectivity index (χ3v) is 5.83. The van der Waals surface area contributed by atoms with Crippen molar-refractivity contribution in [1.29, 1.82) is 0 Å². The molecule has 1 atom stereocenters. The average molecular weight is 388 g/mol. The number of carbonyl (C=O) groups excluding carboxylic acids is 1. The number of rotatable bonds is 7. The highest BCUT2D eigenvalue weighted by Gasteiger charge is 2.26. The summed E-state index contributed by atoms with van der Waals surface area (Å²) in [4.78, 5) is 15.2. The molecule has 29 heavy (non-hydrogen) atoms. The summed E-state index contributed by atoms with van der Waals surface area (Å²) in [5, 5.41) is 4.45. The fourth-order valence-electron chi connectivity index (χ4n) is 4.30. The van der Waals surface area contributed by atoms with Crippen LogP contribution in [0, 0.1) is 0 Å². The van der Waals surface area contributed by atoms with Crippen molar-refractivity contribution in [1.82, 2.24) is 14.7 Å². The van der Waals surface area contributed by atoms with Crippen LogP contribution >= 0.6 is 0 Å². The van der Waals surface area contributed by atoms with Gasteiger partial charge in [-0.3, -0.25) is 4.79 Å². The molecule has 1 aliphatic carbocycles. The van der Waals surface area contributed by atoms with E-state index in [9.17, 15) is 4.79 Å². The van der Waals surface area contributed by atoms with Gasteiger partial charge in [0.15, 0.2) is 0 Å². The van der Waals surface area contributed by atoms with Crippen LogP contribution in [0.2, 0.25) is 0 Å². The second kappa shape index (κ2) is 9.08. The van der Waals surface area contributed by atoms with Crippen molar-refractivity contribution >= 4 is 5.91 Å². The second-order valence-electron chi connectivity index (χ2n) is 7.88. The first kappa shape index (κ1) is 19.4. The standard InChI is InChI=1S/C25H29N3O/c1-2-16-27(24-14-13-21-8-6-7-9-22(21)17-24)25(29)15-12-20-18-26-28(19-20)23-10-4-3-5-11-23/h3-11,18-19,24H,2,12-17H2,1H3. The third-order valence-electron chi connectivity index (χ3n) is 5.83. The summed E-state index contributed by atoms with van der Waals surface area (Å²) in [6.45, 7) is 3.00. The monoisotopic (exact) mass is 387 g/mol. The molecule has 0 saturated heterocycles. The lowest BCUT2D eigenvalue weighted by molar-refractivity contribution is -0.133. The number of carbonyl (C=O) groups is 1. The summed E-state index contributed by atoms with van der Waals surface area (Å²) in [5.74, 6) is 0.267. The molecule has 0 N–H and O–H groups in total. The van der Waals surface area contributed by atoms with Crippen LogP contribution in [0.1, 0.15) is 42.9 Å². The largest absolute Gasteiger partial charge is 0.339 e. The maximum absolute atomic E-state index is 13.1. The van der Waals surface area contributed by atoms with E-state index in [0.29, 0.717) is 12.5 Å². The molecule has 0 fully saturated rings. The normalized spacial score (nSPS) is 15.7. The number of hydrogen-bond donors (Lipinski definition) is 0. The minimum absolute atomic E-state index is 0.267. The van der Waals surface area contributed by atoms with Gasteiger partial charge in [-0.15, -0.1) is 0 Å². The Morgan fingerprint density at radius 3 is 2.66 bits per heavy atom. The van der Waals surface area contributed by atoms with Crippen molar-refractivity contribution in [2.75, 3.05) is 6.54 Å². The Morgan fingerprint density at radius 2 is 1.86 bits per heavy atom. The van der Waals surface area contributed by atoms with Gasteiger partial charge in [0.25, 0.3) is 0 Å². The van der Waals surface area contributed by atoms with Crippen molar-refractivity contribution in [3.05, 3.63) is 83.7 Å². The first-order chi connectivity index (χ1) is 14.2. The van der Waals surface area contributed by atoms with Crippen molar-refractivity contribution in [2.45, 2.75) is 51.5 Å². The zero-order valence-electron chi connectivity index (χ0n) is 17.1. The number of benzene rings is 2. The second-order valence-corrected chi connectivity index (χ2v) is 7.88. The number of nitrogens with zero attached hydrogens (tertiary/aromatic N) is 3. The quantitative estimate of drug-likeness (QED) is 0.594. The Morgan fingerprint density at radius 1 is 1.10 bits per heavy atom. The van der Waals surface area contributed by atoms with Gasteiger partial charge in [0.1, 0.15) is 0 Å². The number of amides is 1. The summed E-state index contributed by atoms with van der Waals surface area (Å²) >= 11 is 0. The van der Waals surface area contributed by atoms with Crippen LogP contribution in [0.3, 0.4) is 0 Å².